The van der Waals surface area contributed by atoms with E-state index in [9.17, 15) is 14.9 Å². The highest BCUT2D eigenvalue weighted by molar-refractivity contribution is 6.00. The van der Waals surface area contributed by atoms with E-state index in [-0.39, 0.29) is 17.8 Å². The summed E-state index contributed by atoms with van der Waals surface area (Å²) >= 11 is 0. The summed E-state index contributed by atoms with van der Waals surface area (Å²) < 4.78 is 5.74. The number of ether oxygens (including phenoxy) is 1. The number of nitro benzene ring substituents is 1. The van der Waals surface area contributed by atoms with E-state index in [1.807, 2.05) is 42.5 Å². The second-order valence-electron chi connectivity index (χ2n) is 6.18. The molecule has 29 heavy (non-hydrogen) atoms. The van der Waals surface area contributed by atoms with E-state index < -0.39 is 10.8 Å². The zero-order valence-electron chi connectivity index (χ0n) is 15.8. The Morgan fingerprint density at radius 1 is 1.14 bits per heavy atom. The number of carbonyl (C=O) groups excluding carboxylic acids is 1. The van der Waals surface area contributed by atoms with Crippen molar-refractivity contribution < 1.29 is 14.5 Å². The van der Waals surface area contributed by atoms with Crippen molar-refractivity contribution in [2.75, 3.05) is 12.4 Å². The lowest BCUT2D eigenvalue weighted by Crippen LogP contribution is -2.23. The molecule has 1 amide bonds. The molecule has 0 atom stereocenters. The fraction of sp³-hybridized carbons (Fsp3) is 0.143. The van der Waals surface area contributed by atoms with Gasteiger partial charge in [0, 0.05) is 37.6 Å². The van der Waals surface area contributed by atoms with Crippen LogP contribution >= 0.6 is 0 Å². The van der Waals surface area contributed by atoms with E-state index >= 15 is 0 Å². The highest BCUT2D eigenvalue weighted by Gasteiger charge is 2.16. The Hall–Kier alpha value is -3.94. The molecule has 2 aromatic carbocycles. The summed E-state index contributed by atoms with van der Waals surface area (Å²) in [6.07, 6.45) is 1.71. The van der Waals surface area contributed by atoms with Crippen LogP contribution in [0.4, 0.5) is 11.4 Å². The van der Waals surface area contributed by atoms with Crippen LogP contribution in [0.15, 0.2) is 66.9 Å². The summed E-state index contributed by atoms with van der Waals surface area (Å²) in [4.78, 5) is 27.2. The van der Waals surface area contributed by atoms with Gasteiger partial charge in [0.1, 0.15) is 12.4 Å². The van der Waals surface area contributed by atoms with Crippen molar-refractivity contribution in [2.24, 2.45) is 0 Å². The van der Waals surface area contributed by atoms with Crippen LogP contribution in [-0.4, -0.2) is 22.9 Å². The molecule has 1 aromatic heterocycles. The molecule has 8 heteroatoms. The maximum atomic E-state index is 12.6. The number of hydrogen-bond acceptors (Lipinski definition) is 6. The van der Waals surface area contributed by atoms with E-state index in [0.717, 1.165) is 11.3 Å². The normalized spacial score (nSPS) is 10.2. The summed E-state index contributed by atoms with van der Waals surface area (Å²) in [5, 5.41) is 16.7. The van der Waals surface area contributed by atoms with Crippen LogP contribution in [0.2, 0.25) is 0 Å². The molecule has 0 spiro atoms. The Balaban J connectivity index is 1.65. The van der Waals surface area contributed by atoms with Gasteiger partial charge in [-0.25, -0.2) is 0 Å². The molecule has 3 aromatic rings. The van der Waals surface area contributed by atoms with Gasteiger partial charge in [-0.2, -0.15) is 0 Å². The number of anilines is 1. The van der Waals surface area contributed by atoms with E-state index in [0.29, 0.717) is 18.0 Å². The van der Waals surface area contributed by atoms with Crippen LogP contribution in [0.25, 0.3) is 0 Å². The van der Waals surface area contributed by atoms with Gasteiger partial charge in [0.05, 0.1) is 16.2 Å². The molecule has 8 nitrogen and oxygen atoms in total. The number of nitrogens with zero attached hydrogens (tertiary/aromatic N) is 2. The number of nitro groups is 1. The monoisotopic (exact) mass is 392 g/mol. The number of rotatable bonds is 8. The first-order valence-corrected chi connectivity index (χ1v) is 8.93. The summed E-state index contributed by atoms with van der Waals surface area (Å²) in [5.74, 6) is 0.256. The first-order chi connectivity index (χ1) is 14.1. The molecule has 2 N–H and O–H groups in total. The molecule has 0 saturated carbocycles. The Morgan fingerprint density at radius 3 is 2.72 bits per heavy atom. The van der Waals surface area contributed by atoms with Crippen LogP contribution in [0.1, 0.15) is 21.6 Å². The van der Waals surface area contributed by atoms with Gasteiger partial charge in [0.2, 0.25) is 0 Å². The summed E-state index contributed by atoms with van der Waals surface area (Å²) in [6.45, 7) is 0.599. The molecule has 1 heterocycles. The maximum Gasteiger partial charge on any atom is 0.270 e. The second kappa shape index (κ2) is 9.32. The summed E-state index contributed by atoms with van der Waals surface area (Å²) in [6, 6.07) is 17.1. The number of hydrogen-bond donors (Lipinski definition) is 2. The fourth-order valence-electron chi connectivity index (χ4n) is 2.72. The van der Waals surface area contributed by atoms with E-state index in [1.165, 1.54) is 18.2 Å². The average molecular weight is 392 g/mol. The first kappa shape index (κ1) is 19.8. The number of pyridine rings is 1. The first-order valence-electron chi connectivity index (χ1n) is 8.93. The number of non-ortho nitro benzene ring substituents is 1. The lowest BCUT2D eigenvalue weighted by Gasteiger charge is -2.11. The smallest absolute Gasteiger partial charge is 0.270 e. The van der Waals surface area contributed by atoms with E-state index in [2.05, 4.69) is 15.6 Å². The molecule has 3 rings (SSSR count). The van der Waals surface area contributed by atoms with Crippen LogP contribution in [-0.2, 0) is 13.2 Å². The Bertz CT molecular complexity index is 1010. The minimum absolute atomic E-state index is 0.140. The van der Waals surface area contributed by atoms with Gasteiger partial charge in [-0.3, -0.25) is 19.9 Å². The highest BCUT2D eigenvalue weighted by atomic mass is 16.6. The van der Waals surface area contributed by atoms with Crippen molar-refractivity contribution in [1.29, 1.82) is 0 Å². The second-order valence-corrected chi connectivity index (χ2v) is 6.18. The van der Waals surface area contributed by atoms with Crippen LogP contribution in [0, 0.1) is 10.1 Å². The largest absolute Gasteiger partial charge is 0.487 e. The zero-order chi connectivity index (χ0) is 20.6. The molecule has 0 fully saturated rings. The zero-order valence-corrected chi connectivity index (χ0v) is 15.8. The molecule has 148 valence electrons. The molecule has 0 aliphatic rings. The van der Waals surface area contributed by atoms with E-state index in [4.69, 9.17) is 4.74 Å². The van der Waals surface area contributed by atoms with Crippen molar-refractivity contribution in [1.82, 2.24) is 10.3 Å². The SMILES string of the molecule is CNc1ccc([N+](=O)[O-])cc1C(=O)NCc1cccc(OCc2ccccn2)c1. The van der Waals surface area contributed by atoms with Crippen molar-refractivity contribution in [3.05, 3.63) is 93.8 Å². The molecular formula is C21H20N4O4. The van der Waals surface area contributed by atoms with Gasteiger partial charge in [-0.05, 0) is 35.9 Å². The van der Waals surface area contributed by atoms with Gasteiger partial charge in [-0.1, -0.05) is 18.2 Å². The average Bonchev–Trinajstić information content (AvgIpc) is 2.76. The third-order valence-corrected chi connectivity index (χ3v) is 4.19. The third kappa shape index (κ3) is 5.29. The molecule has 0 bridgehead atoms. The summed E-state index contributed by atoms with van der Waals surface area (Å²) in [7, 11) is 1.65. The molecule has 0 radical (unpaired) electrons. The minimum Gasteiger partial charge on any atom is -0.487 e. The van der Waals surface area contributed by atoms with Gasteiger partial charge < -0.3 is 15.4 Å². The standard InChI is InChI=1S/C21H20N4O4/c1-22-20-9-8-17(25(27)28)12-19(20)21(26)24-13-15-5-4-7-18(11-15)29-14-16-6-2-3-10-23-16/h2-12,22H,13-14H2,1H3,(H,24,26). The number of nitrogens with one attached hydrogen (secondary N) is 2. The van der Waals surface area contributed by atoms with Gasteiger partial charge in [0.25, 0.3) is 11.6 Å². The maximum absolute atomic E-state index is 12.6. The van der Waals surface area contributed by atoms with E-state index in [1.54, 1.807) is 13.2 Å². The third-order valence-electron chi connectivity index (χ3n) is 4.19. The Kier molecular flexibility index (Phi) is 6.36. The molecular weight excluding hydrogens is 372 g/mol. The van der Waals surface area contributed by atoms with Gasteiger partial charge in [0.15, 0.2) is 0 Å². The number of benzene rings is 2. The fourth-order valence-corrected chi connectivity index (χ4v) is 2.72. The molecule has 0 saturated heterocycles. The molecule has 0 aliphatic heterocycles. The van der Waals surface area contributed by atoms with Crippen molar-refractivity contribution in [3.63, 3.8) is 0 Å². The predicted molar refractivity (Wildman–Crippen MR) is 109 cm³/mol. The predicted octanol–water partition coefficient (Wildman–Crippen LogP) is 3.54. The van der Waals surface area contributed by atoms with Crippen LogP contribution < -0.4 is 15.4 Å². The van der Waals surface area contributed by atoms with Crippen molar-refractivity contribution in [3.8, 4) is 5.75 Å². The summed E-state index contributed by atoms with van der Waals surface area (Å²) in [5.41, 5.74) is 2.24. The Labute approximate surface area is 167 Å². The number of carbonyl (C=O) groups is 1. The lowest BCUT2D eigenvalue weighted by molar-refractivity contribution is -0.384. The minimum atomic E-state index is -0.529. The van der Waals surface area contributed by atoms with Crippen LogP contribution in [0.3, 0.4) is 0 Å². The molecule has 0 unspecified atom stereocenters. The van der Waals surface area contributed by atoms with Gasteiger partial charge >= 0.3 is 0 Å². The van der Waals surface area contributed by atoms with Crippen LogP contribution in [0.5, 0.6) is 5.75 Å². The topological polar surface area (TPSA) is 106 Å². The highest BCUT2D eigenvalue weighted by Crippen LogP contribution is 2.22. The van der Waals surface area contributed by atoms with Crippen molar-refractivity contribution in [2.45, 2.75) is 13.2 Å². The quantitative estimate of drug-likeness (QED) is 0.449. The number of aromatic nitrogens is 1. The van der Waals surface area contributed by atoms with Crippen molar-refractivity contribution >= 4 is 17.3 Å². The van der Waals surface area contributed by atoms with Gasteiger partial charge in [-0.15, -0.1) is 0 Å². The molecule has 0 aliphatic carbocycles. The number of amides is 1. The lowest BCUT2D eigenvalue weighted by atomic mass is 10.1. The Morgan fingerprint density at radius 2 is 2.00 bits per heavy atom.